The van der Waals surface area contributed by atoms with Gasteiger partial charge in [0.2, 0.25) is 0 Å². The molecule has 32 heavy (non-hydrogen) atoms. The Hall–Kier alpha value is -3.00. The third-order valence-corrected chi connectivity index (χ3v) is 5.59. The van der Waals surface area contributed by atoms with Crippen LogP contribution in [0.2, 0.25) is 0 Å². The Morgan fingerprint density at radius 2 is 1.91 bits per heavy atom. The first-order chi connectivity index (χ1) is 15.6. The molecular weight excluding hydrogens is 411 g/mol. The average Bonchev–Trinajstić information content (AvgIpc) is 3.03. The van der Waals surface area contributed by atoms with Crippen molar-refractivity contribution < 1.29 is 19.0 Å². The van der Waals surface area contributed by atoms with E-state index in [9.17, 15) is 9.50 Å². The van der Waals surface area contributed by atoms with Crippen molar-refractivity contribution in [3.63, 3.8) is 0 Å². The Labute approximate surface area is 188 Å². The number of fused-ring (bicyclic) bond motifs is 1. The Balaban J connectivity index is 1.43. The van der Waals surface area contributed by atoms with Crippen LogP contribution in [0.4, 0.5) is 15.8 Å². The van der Waals surface area contributed by atoms with E-state index in [4.69, 9.17) is 9.47 Å². The van der Waals surface area contributed by atoms with Gasteiger partial charge in [0.25, 0.3) is 0 Å². The number of halogens is 1. The minimum Gasteiger partial charge on any atom is -0.490 e. The van der Waals surface area contributed by atoms with E-state index in [2.05, 4.69) is 15.6 Å². The number of benzene rings is 2. The fourth-order valence-electron chi connectivity index (χ4n) is 3.87. The summed E-state index contributed by atoms with van der Waals surface area (Å²) in [5.74, 6) is 1.81. The summed E-state index contributed by atoms with van der Waals surface area (Å²) in [5.41, 5.74) is 2.21. The molecule has 0 amide bonds. The average molecular weight is 443 g/mol. The Kier molecular flexibility index (Phi) is 7.32. The molecule has 0 aromatic heterocycles. The first kappa shape index (κ1) is 22.2. The number of ether oxygens (including phenoxy) is 2. The van der Waals surface area contributed by atoms with Gasteiger partial charge in [0, 0.05) is 37.8 Å². The van der Waals surface area contributed by atoms with Crippen LogP contribution in [0.5, 0.6) is 11.5 Å². The lowest BCUT2D eigenvalue weighted by Gasteiger charge is -2.31. The van der Waals surface area contributed by atoms with Crippen molar-refractivity contribution in [2.45, 2.75) is 38.8 Å². The maximum absolute atomic E-state index is 14.7. The molecule has 7 nitrogen and oxygen atoms in total. The monoisotopic (exact) mass is 442 g/mol. The minimum atomic E-state index is -0.279. The molecule has 8 heteroatoms. The maximum atomic E-state index is 14.7. The molecular formula is C24H31FN4O3. The predicted octanol–water partition coefficient (Wildman–Crippen LogP) is 3.53. The highest BCUT2D eigenvalue weighted by molar-refractivity contribution is 5.93. The molecule has 2 aromatic rings. The number of aliphatic imine (C=N–C) groups is 1. The van der Waals surface area contributed by atoms with Crippen LogP contribution in [0.25, 0.3) is 0 Å². The Morgan fingerprint density at radius 3 is 2.66 bits per heavy atom. The van der Waals surface area contributed by atoms with Gasteiger partial charge in [-0.05, 0) is 49.6 Å². The van der Waals surface area contributed by atoms with Gasteiger partial charge in [-0.2, -0.15) is 0 Å². The number of rotatable bonds is 5. The van der Waals surface area contributed by atoms with Crippen molar-refractivity contribution in [2.24, 2.45) is 4.99 Å². The lowest BCUT2D eigenvalue weighted by molar-refractivity contribution is 0.145. The predicted molar refractivity (Wildman–Crippen MR) is 124 cm³/mol. The van der Waals surface area contributed by atoms with Crippen LogP contribution in [-0.2, 0) is 6.54 Å². The van der Waals surface area contributed by atoms with Crippen LogP contribution in [0, 0.1) is 5.82 Å². The summed E-state index contributed by atoms with van der Waals surface area (Å²) in [4.78, 5) is 6.60. The summed E-state index contributed by atoms with van der Waals surface area (Å²) in [5, 5.41) is 16.2. The van der Waals surface area contributed by atoms with Crippen LogP contribution in [0.3, 0.4) is 0 Å². The van der Waals surface area contributed by atoms with Gasteiger partial charge in [-0.1, -0.05) is 6.07 Å². The van der Waals surface area contributed by atoms with E-state index in [0.717, 1.165) is 23.4 Å². The van der Waals surface area contributed by atoms with Gasteiger partial charge in [-0.25, -0.2) is 9.38 Å². The molecule has 0 atom stereocenters. The van der Waals surface area contributed by atoms with E-state index in [1.54, 1.807) is 6.07 Å². The van der Waals surface area contributed by atoms with E-state index < -0.39 is 0 Å². The highest BCUT2D eigenvalue weighted by atomic mass is 19.1. The van der Waals surface area contributed by atoms with Crippen molar-refractivity contribution in [1.29, 1.82) is 0 Å². The molecule has 3 N–H and O–H groups in total. The number of hydrogen-bond acceptors (Lipinski definition) is 5. The molecule has 2 heterocycles. The molecule has 0 saturated carbocycles. The van der Waals surface area contributed by atoms with Gasteiger partial charge >= 0.3 is 0 Å². The van der Waals surface area contributed by atoms with E-state index >= 15 is 0 Å². The first-order valence-electron chi connectivity index (χ1n) is 11.3. The van der Waals surface area contributed by atoms with Gasteiger partial charge < -0.3 is 30.1 Å². The van der Waals surface area contributed by atoms with Crippen molar-refractivity contribution in [3.05, 3.63) is 47.8 Å². The number of piperidine rings is 1. The molecule has 0 spiro atoms. The van der Waals surface area contributed by atoms with Crippen LogP contribution in [0.1, 0.15) is 31.7 Å². The minimum absolute atomic E-state index is 0.255. The number of nitrogens with one attached hydrogen (secondary N) is 2. The van der Waals surface area contributed by atoms with Crippen LogP contribution in [0.15, 0.2) is 41.4 Å². The summed E-state index contributed by atoms with van der Waals surface area (Å²) < 4.78 is 26.2. The number of aliphatic hydroxyl groups is 1. The molecule has 0 unspecified atom stereocenters. The second kappa shape index (κ2) is 10.5. The quantitative estimate of drug-likeness (QED) is 0.486. The molecule has 2 aliphatic heterocycles. The summed E-state index contributed by atoms with van der Waals surface area (Å²) in [7, 11) is 0. The molecule has 0 aliphatic carbocycles. The van der Waals surface area contributed by atoms with Gasteiger partial charge in [0.05, 0.1) is 31.5 Å². The van der Waals surface area contributed by atoms with Gasteiger partial charge in [0.1, 0.15) is 5.82 Å². The zero-order valence-electron chi connectivity index (χ0n) is 18.4. The standard InChI is InChI=1S/C24H31FN4O3/c1-2-26-24(28-18-5-7-22-23(15-18)32-13-3-12-31-22)27-16-17-4-6-21(20(25)14-17)29-10-8-19(30)9-11-29/h4-7,14-15,19,30H,2-3,8-13,16H2,1H3,(H2,26,27,28). The second-order valence-electron chi connectivity index (χ2n) is 8.04. The largest absolute Gasteiger partial charge is 0.490 e. The molecule has 0 radical (unpaired) electrons. The van der Waals surface area contributed by atoms with Crippen LogP contribution < -0.4 is 25.0 Å². The summed E-state index contributed by atoms with van der Waals surface area (Å²) in [6, 6.07) is 11.0. The van der Waals surface area contributed by atoms with Gasteiger partial charge in [0.15, 0.2) is 17.5 Å². The molecule has 2 aromatic carbocycles. The third-order valence-electron chi connectivity index (χ3n) is 5.59. The zero-order chi connectivity index (χ0) is 22.3. The normalized spacial score (nSPS) is 17.1. The fraction of sp³-hybridized carbons (Fsp3) is 0.458. The third kappa shape index (κ3) is 5.62. The smallest absolute Gasteiger partial charge is 0.196 e. The van der Waals surface area contributed by atoms with Gasteiger partial charge in [-0.3, -0.25) is 0 Å². The molecule has 2 aliphatic rings. The van der Waals surface area contributed by atoms with Crippen LogP contribution >= 0.6 is 0 Å². The zero-order valence-corrected chi connectivity index (χ0v) is 18.4. The number of nitrogens with zero attached hydrogens (tertiary/aromatic N) is 2. The maximum Gasteiger partial charge on any atom is 0.196 e. The van der Waals surface area contributed by atoms with Crippen molar-refractivity contribution in [3.8, 4) is 11.5 Å². The van der Waals surface area contributed by atoms with Crippen molar-refractivity contribution in [1.82, 2.24) is 5.32 Å². The summed E-state index contributed by atoms with van der Waals surface area (Å²) in [6.07, 6.45) is 1.92. The van der Waals surface area contributed by atoms with E-state index in [-0.39, 0.29) is 11.9 Å². The number of guanidine groups is 1. The van der Waals surface area contributed by atoms with Crippen LogP contribution in [-0.4, -0.2) is 50.0 Å². The number of anilines is 2. The molecule has 1 saturated heterocycles. The number of aliphatic hydroxyl groups excluding tert-OH is 1. The molecule has 1 fully saturated rings. The number of hydrogen-bond donors (Lipinski definition) is 3. The van der Waals surface area contributed by atoms with Gasteiger partial charge in [-0.15, -0.1) is 0 Å². The SMILES string of the molecule is CCNC(=NCc1ccc(N2CCC(O)CC2)c(F)c1)Nc1ccc2c(c1)OCCCO2. The van der Waals surface area contributed by atoms with E-state index in [1.165, 1.54) is 0 Å². The van der Waals surface area contributed by atoms with E-state index in [1.807, 2.05) is 42.2 Å². The van der Waals surface area contributed by atoms with Crippen molar-refractivity contribution in [2.75, 3.05) is 43.1 Å². The lowest BCUT2D eigenvalue weighted by Crippen LogP contribution is -2.36. The van der Waals surface area contributed by atoms with E-state index in [0.29, 0.717) is 69.6 Å². The lowest BCUT2D eigenvalue weighted by atomic mass is 10.1. The molecule has 172 valence electrons. The molecule has 0 bridgehead atoms. The van der Waals surface area contributed by atoms with Crippen molar-refractivity contribution >= 4 is 17.3 Å². The summed E-state index contributed by atoms with van der Waals surface area (Å²) in [6.45, 7) is 5.65. The molecule has 4 rings (SSSR count). The second-order valence-corrected chi connectivity index (χ2v) is 8.04. The first-order valence-corrected chi connectivity index (χ1v) is 11.3. The topological polar surface area (TPSA) is 78.4 Å². The summed E-state index contributed by atoms with van der Waals surface area (Å²) >= 11 is 0. The Morgan fingerprint density at radius 1 is 1.12 bits per heavy atom. The Bertz CT molecular complexity index is 945. The highest BCUT2D eigenvalue weighted by Crippen LogP contribution is 2.32. The fourth-order valence-corrected chi connectivity index (χ4v) is 3.87. The highest BCUT2D eigenvalue weighted by Gasteiger charge is 2.19.